The second kappa shape index (κ2) is 7.61. The van der Waals surface area contributed by atoms with E-state index in [0.717, 1.165) is 31.0 Å². The van der Waals surface area contributed by atoms with E-state index in [1.165, 1.54) is 18.3 Å². The largest absolute Gasteiger partial charge is 0.573 e. The number of aromatic nitrogens is 1. The number of benzene rings is 1. The van der Waals surface area contributed by atoms with Gasteiger partial charge in [0, 0.05) is 25.0 Å². The molecular weight excluding hydrogens is 351 g/mol. The standard InChI is InChI=1S/C17H16F3N3O3/c18-17(19,20)26-14-4-2-13(3-5-14)22-16(24)12-1-6-15(21-11-12)23-7-9-25-10-8-23/h1-6,11H,7-10H2,(H,22,24). The molecule has 1 aliphatic heterocycles. The summed E-state index contributed by atoms with van der Waals surface area (Å²) in [5, 5.41) is 2.60. The lowest BCUT2D eigenvalue weighted by atomic mass is 10.2. The number of pyridine rings is 1. The first-order valence-electron chi connectivity index (χ1n) is 7.87. The van der Waals surface area contributed by atoms with Gasteiger partial charge in [-0.05, 0) is 36.4 Å². The van der Waals surface area contributed by atoms with Crippen LogP contribution >= 0.6 is 0 Å². The number of carbonyl (C=O) groups excluding carboxylic acids is 1. The zero-order valence-electron chi connectivity index (χ0n) is 13.6. The molecule has 3 rings (SSSR count). The molecule has 6 nitrogen and oxygen atoms in total. The van der Waals surface area contributed by atoms with Crippen LogP contribution in [0.1, 0.15) is 10.4 Å². The van der Waals surface area contributed by atoms with Crippen molar-refractivity contribution in [2.75, 3.05) is 36.5 Å². The molecule has 0 aliphatic carbocycles. The maximum atomic E-state index is 12.2. The molecule has 0 unspecified atom stereocenters. The molecule has 0 atom stereocenters. The van der Waals surface area contributed by atoms with Crippen LogP contribution in [-0.2, 0) is 4.74 Å². The molecule has 1 aromatic carbocycles. The molecule has 0 bridgehead atoms. The molecule has 1 saturated heterocycles. The van der Waals surface area contributed by atoms with Gasteiger partial charge >= 0.3 is 6.36 Å². The molecular formula is C17H16F3N3O3. The van der Waals surface area contributed by atoms with Crippen LogP contribution in [0.4, 0.5) is 24.7 Å². The van der Waals surface area contributed by atoms with Crippen molar-refractivity contribution >= 4 is 17.4 Å². The van der Waals surface area contributed by atoms with Crippen LogP contribution in [0.15, 0.2) is 42.6 Å². The molecule has 2 aromatic rings. The second-order valence-electron chi connectivity index (χ2n) is 5.53. The minimum Gasteiger partial charge on any atom is -0.406 e. The van der Waals surface area contributed by atoms with Crippen LogP contribution in [0.2, 0.25) is 0 Å². The topological polar surface area (TPSA) is 63.7 Å². The Morgan fingerprint density at radius 3 is 2.38 bits per heavy atom. The molecule has 1 aliphatic rings. The van der Waals surface area contributed by atoms with Crippen molar-refractivity contribution in [1.29, 1.82) is 0 Å². The summed E-state index contributed by atoms with van der Waals surface area (Å²) in [6.07, 6.45) is -3.29. The van der Waals surface area contributed by atoms with E-state index < -0.39 is 12.3 Å². The zero-order valence-corrected chi connectivity index (χ0v) is 13.6. The fourth-order valence-corrected chi connectivity index (χ4v) is 2.44. The first-order valence-corrected chi connectivity index (χ1v) is 7.87. The van der Waals surface area contributed by atoms with Crippen LogP contribution in [0.25, 0.3) is 0 Å². The van der Waals surface area contributed by atoms with Crippen molar-refractivity contribution in [3.63, 3.8) is 0 Å². The molecule has 1 N–H and O–H groups in total. The van der Waals surface area contributed by atoms with Crippen molar-refractivity contribution in [3.05, 3.63) is 48.2 Å². The van der Waals surface area contributed by atoms with Crippen LogP contribution < -0.4 is 15.0 Å². The number of rotatable bonds is 4. The monoisotopic (exact) mass is 367 g/mol. The van der Waals surface area contributed by atoms with E-state index >= 15 is 0 Å². The molecule has 1 aromatic heterocycles. The minimum absolute atomic E-state index is 0.345. The number of hydrogen-bond acceptors (Lipinski definition) is 5. The molecule has 2 heterocycles. The highest BCUT2D eigenvalue weighted by Crippen LogP contribution is 2.24. The molecule has 0 saturated carbocycles. The maximum Gasteiger partial charge on any atom is 0.573 e. The number of alkyl halides is 3. The second-order valence-corrected chi connectivity index (χ2v) is 5.53. The van der Waals surface area contributed by atoms with Gasteiger partial charge in [-0.2, -0.15) is 0 Å². The van der Waals surface area contributed by atoms with Crippen LogP contribution in [-0.4, -0.2) is 43.6 Å². The highest BCUT2D eigenvalue weighted by molar-refractivity contribution is 6.04. The van der Waals surface area contributed by atoms with E-state index in [1.54, 1.807) is 12.1 Å². The fourth-order valence-electron chi connectivity index (χ4n) is 2.44. The Labute approximate surface area is 147 Å². The van der Waals surface area contributed by atoms with Gasteiger partial charge in [-0.15, -0.1) is 13.2 Å². The van der Waals surface area contributed by atoms with Gasteiger partial charge in [-0.25, -0.2) is 4.98 Å². The number of nitrogens with one attached hydrogen (secondary N) is 1. The predicted molar refractivity (Wildman–Crippen MR) is 88.3 cm³/mol. The average Bonchev–Trinajstić information content (AvgIpc) is 2.63. The molecule has 138 valence electrons. The number of carbonyl (C=O) groups is 1. The van der Waals surface area contributed by atoms with Gasteiger partial charge in [0.05, 0.1) is 18.8 Å². The first-order chi connectivity index (χ1) is 12.4. The third-order valence-corrected chi connectivity index (χ3v) is 3.69. The average molecular weight is 367 g/mol. The third kappa shape index (κ3) is 4.85. The summed E-state index contributed by atoms with van der Waals surface area (Å²) >= 11 is 0. The van der Waals surface area contributed by atoms with Crippen molar-refractivity contribution in [1.82, 2.24) is 4.98 Å². The summed E-state index contributed by atoms with van der Waals surface area (Å²) in [4.78, 5) is 18.6. The number of anilines is 2. The summed E-state index contributed by atoms with van der Waals surface area (Å²) in [6, 6.07) is 8.31. The Balaban J connectivity index is 1.60. The van der Waals surface area contributed by atoms with Crippen molar-refractivity contribution in [2.45, 2.75) is 6.36 Å². The van der Waals surface area contributed by atoms with Crippen molar-refractivity contribution in [2.24, 2.45) is 0 Å². The third-order valence-electron chi connectivity index (χ3n) is 3.69. The Kier molecular flexibility index (Phi) is 5.27. The molecule has 1 fully saturated rings. The highest BCUT2D eigenvalue weighted by atomic mass is 19.4. The van der Waals surface area contributed by atoms with Gasteiger partial charge in [0.1, 0.15) is 11.6 Å². The van der Waals surface area contributed by atoms with E-state index in [0.29, 0.717) is 24.5 Å². The Morgan fingerprint density at radius 1 is 1.12 bits per heavy atom. The Hall–Kier alpha value is -2.81. The van der Waals surface area contributed by atoms with Gasteiger partial charge in [0.25, 0.3) is 5.91 Å². The normalized spacial score (nSPS) is 14.8. The number of morpholine rings is 1. The van der Waals surface area contributed by atoms with Gasteiger partial charge in [0.15, 0.2) is 0 Å². The lowest BCUT2D eigenvalue weighted by Crippen LogP contribution is -2.36. The zero-order chi connectivity index (χ0) is 18.6. The van der Waals surface area contributed by atoms with Crippen molar-refractivity contribution < 1.29 is 27.4 Å². The Bertz CT molecular complexity index is 743. The van der Waals surface area contributed by atoms with E-state index in [9.17, 15) is 18.0 Å². The van der Waals surface area contributed by atoms with E-state index in [4.69, 9.17) is 4.74 Å². The van der Waals surface area contributed by atoms with Gasteiger partial charge in [-0.1, -0.05) is 0 Å². The van der Waals surface area contributed by atoms with Gasteiger partial charge in [-0.3, -0.25) is 4.79 Å². The number of hydrogen-bond donors (Lipinski definition) is 1. The number of halogens is 3. The summed E-state index contributed by atoms with van der Waals surface area (Å²) in [6.45, 7) is 2.76. The quantitative estimate of drug-likeness (QED) is 0.900. The summed E-state index contributed by atoms with van der Waals surface area (Å²) in [5.41, 5.74) is 0.694. The smallest absolute Gasteiger partial charge is 0.406 e. The highest BCUT2D eigenvalue weighted by Gasteiger charge is 2.30. The summed E-state index contributed by atoms with van der Waals surface area (Å²) in [5.74, 6) is 0.000972. The maximum absolute atomic E-state index is 12.2. The summed E-state index contributed by atoms with van der Waals surface area (Å²) in [7, 11) is 0. The van der Waals surface area contributed by atoms with E-state index in [-0.39, 0.29) is 5.75 Å². The molecule has 9 heteroatoms. The molecule has 0 spiro atoms. The number of nitrogens with zero attached hydrogens (tertiary/aromatic N) is 2. The van der Waals surface area contributed by atoms with Gasteiger partial charge in [0.2, 0.25) is 0 Å². The summed E-state index contributed by atoms with van der Waals surface area (Å²) < 4.78 is 45.5. The van der Waals surface area contributed by atoms with Crippen molar-refractivity contribution in [3.8, 4) is 5.75 Å². The van der Waals surface area contributed by atoms with E-state index in [2.05, 4.69) is 19.9 Å². The van der Waals surface area contributed by atoms with Crippen LogP contribution in [0.3, 0.4) is 0 Å². The molecule has 26 heavy (non-hydrogen) atoms. The first kappa shape index (κ1) is 18.0. The lowest BCUT2D eigenvalue weighted by molar-refractivity contribution is -0.274. The number of amides is 1. The lowest BCUT2D eigenvalue weighted by Gasteiger charge is -2.27. The van der Waals surface area contributed by atoms with Crippen LogP contribution in [0, 0.1) is 0 Å². The Morgan fingerprint density at radius 2 is 1.81 bits per heavy atom. The fraction of sp³-hybridized carbons (Fsp3) is 0.294. The predicted octanol–water partition coefficient (Wildman–Crippen LogP) is 3.07. The van der Waals surface area contributed by atoms with Gasteiger partial charge < -0.3 is 19.7 Å². The van der Waals surface area contributed by atoms with E-state index in [1.807, 2.05) is 0 Å². The minimum atomic E-state index is -4.75. The SMILES string of the molecule is O=C(Nc1ccc(OC(F)(F)F)cc1)c1ccc(N2CCOCC2)nc1. The molecule has 0 radical (unpaired) electrons. The van der Waals surface area contributed by atoms with Crippen LogP contribution in [0.5, 0.6) is 5.75 Å². The molecule has 1 amide bonds. The number of ether oxygens (including phenoxy) is 2.